The van der Waals surface area contributed by atoms with Crippen LogP contribution in [0.5, 0.6) is 0 Å². The van der Waals surface area contributed by atoms with E-state index < -0.39 is 0 Å². The predicted octanol–water partition coefficient (Wildman–Crippen LogP) is 4.57. The molecule has 130 valence electrons. The average Bonchev–Trinajstić information content (AvgIpc) is 3.21. The molecule has 2 aliphatic carbocycles. The molecule has 1 heterocycles. The number of benzene rings is 1. The molecule has 0 amide bonds. The molecule has 0 saturated heterocycles. The fourth-order valence-electron chi connectivity index (χ4n) is 3.78. The molecule has 0 aliphatic heterocycles. The molecule has 3 nitrogen and oxygen atoms in total. The average molecular weight is 326 g/mol. The SMILES string of the molecule is CC(C)(C)c1ccc2nc(CCC3CC(NCC4CC4)C3)[nH]c2c1. The van der Waals surface area contributed by atoms with Crippen LogP contribution in [0, 0.1) is 11.8 Å². The number of H-pyrrole nitrogens is 1. The first-order valence-corrected chi connectivity index (χ1v) is 9.70. The molecule has 2 saturated carbocycles. The first kappa shape index (κ1) is 16.1. The largest absolute Gasteiger partial charge is 0.342 e. The van der Waals surface area contributed by atoms with Crippen LogP contribution < -0.4 is 5.32 Å². The summed E-state index contributed by atoms with van der Waals surface area (Å²) in [4.78, 5) is 8.33. The van der Waals surface area contributed by atoms with Gasteiger partial charge in [0.2, 0.25) is 0 Å². The Morgan fingerprint density at radius 1 is 1.17 bits per heavy atom. The summed E-state index contributed by atoms with van der Waals surface area (Å²) in [5.41, 5.74) is 3.85. The number of nitrogens with zero attached hydrogens (tertiary/aromatic N) is 1. The van der Waals surface area contributed by atoms with Crippen LogP contribution in [0.25, 0.3) is 11.0 Å². The Balaban J connectivity index is 1.29. The molecule has 2 N–H and O–H groups in total. The van der Waals surface area contributed by atoms with Crippen LogP contribution in [-0.2, 0) is 11.8 Å². The number of imidazole rings is 1. The summed E-state index contributed by atoms with van der Waals surface area (Å²) in [5, 5.41) is 3.73. The topological polar surface area (TPSA) is 40.7 Å². The van der Waals surface area contributed by atoms with Gasteiger partial charge in [-0.15, -0.1) is 0 Å². The summed E-state index contributed by atoms with van der Waals surface area (Å²) in [7, 11) is 0. The minimum Gasteiger partial charge on any atom is -0.342 e. The maximum atomic E-state index is 4.78. The van der Waals surface area contributed by atoms with Crippen LogP contribution in [0.1, 0.15) is 64.3 Å². The lowest BCUT2D eigenvalue weighted by molar-refractivity contribution is 0.208. The Kier molecular flexibility index (Phi) is 4.16. The lowest BCUT2D eigenvalue weighted by atomic mass is 9.77. The van der Waals surface area contributed by atoms with Gasteiger partial charge in [0.25, 0.3) is 0 Å². The molecule has 2 aromatic rings. The van der Waals surface area contributed by atoms with Gasteiger partial charge in [-0.2, -0.15) is 0 Å². The van der Waals surface area contributed by atoms with Gasteiger partial charge in [0, 0.05) is 12.5 Å². The molecule has 4 rings (SSSR count). The number of rotatable bonds is 6. The molecular weight excluding hydrogens is 294 g/mol. The van der Waals surface area contributed by atoms with Crippen LogP contribution in [0.4, 0.5) is 0 Å². The van der Waals surface area contributed by atoms with Crippen molar-refractivity contribution in [3.05, 3.63) is 29.6 Å². The van der Waals surface area contributed by atoms with Crippen molar-refractivity contribution in [3.8, 4) is 0 Å². The van der Waals surface area contributed by atoms with Crippen LogP contribution in [0.3, 0.4) is 0 Å². The molecule has 1 aromatic heterocycles. The van der Waals surface area contributed by atoms with Crippen molar-refractivity contribution in [1.29, 1.82) is 0 Å². The summed E-state index contributed by atoms with van der Waals surface area (Å²) in [6, 6.07) is 7.44. The van der Waals surface area contributed by atoms with E-state index in [0.29, 0.717) is 0 Å². The monoisotopic (exact) mass is 325 g/mol. The zero-order valence-electron chi connectivity index (χ0n) is 15.4. The van der Waals surface area contributed by atoms with Crippen molar-refractivity contribution in [2.24, 2.45) is 11.8 Å². The van der Waals surface area contributed by atoms with Gasteiger partial charge < -0.3 is 10.3 Å². The van der Waals surface area contributed by atoms with Gasteiger partial charge in [-0.1, -0.05) is 26.8 Å². The first-order chi connectivity index (χ1) is 11.5. The second-order valence-electron chi connectivity index (χ2n) is 9.09. The van der Waals surface area contributed by atoms with E-state index in [9.17, 15) is 0 Å². The lowest BCUT2D eigenvalue weighted by Crippen LogP contribution is -2.42. The number of aromatic amines is 1. The van der Waals surface area contributed by atoms with Gasteiger partial charge in [-0.05, 0) is 73.6 Å². The maximum Gasteiger partial charge on any atom is 0.107 e. The Bertz CT molecular complexity index is 699. The summed E-state index contributed by atoms with van der Waals surface area (Å²) in [6.07, 6.45) is 7.98. The van der Waals surface area contributed by atoms with E-state index in [1.54, 1.807) is 0 Å². The van der Waals surface area contributed by atoms with Gasteiger partial charge in [-0.3, -0.25) is 0 Å². The minimum atomic E-state index is 0.188. The lowest BCUT2D eigenvalue weighted by Gasteiger charge is -2.36. The third-order valence-corrected chi connectivity index (χ3v) is 5.81. The number of hydrogen-bond acceptors (Lipinski definition) is 2. The number of fused-ring (bicyclic) bond motifs is 1. The Labute approximate surface area is 145 Å². The molecule has 0 spiro atoms. The zero-order valence-corrected chi connectivity index (χ0v) is 15.4. The fraction of sp³-hybridized carbons (Fsp3) is 0.667. The van der Waals surface area contributed by atoms with Crippen molar-refractivity contribution in [1.82, 2.24) is 15.3 Å². The van der Waals surface area contributed by atoms with Crippen molar-refractivity contribution in [3.63, 3.8) is 0 Å². The highest BCUT2D eigenvalue weighted by atomic mass is 14.9. The molecule has 0 unspecified atom stereocenters. The van der Waals surface area contributed by atoms with E-state index in [1.165, 1.54) is 49.7 Å². The van der Waals surface area contributed by atoms with Gasteiger partial charge in [0.05, 0.1) is 11.0 Å². The number of hydrogen-bond donors (Lipinski definition) is 2. The quantitative estimate of drug-likeness (QED) is 0.816. The molecule has 24 heavy (non-hydrogen) atoms. The minimum absolute atomic E-state index is 0.188. The summed E-state index contributed by atoms with van der Waals surface area (Å²) in [6.45, 7) is 8.04. The summed E-state index contributed by atoms with van der Waals surface area (Å²) in [5.74, 6) is 3.04. The van der Waals surface area contributed by atoms with Crippen molar-refractivity contribution >= 4 is 11.0 Å². The van der Waals surface area contributed by atoms with Gasteiger partial charge in [0.1, 0.15) is 5.82 Å². The number of aryl methyl sites for hydroxylation is 1. The zero-order chi connectivity index (χ0) is 16.7. The van der Waals surface area contributed by atoms with E-state index in [-0.39, 0.29) is 5.41 Å². The van der Waals surface area contributed by atoms with E-state index in [4.69, 9.17) is 4.98 Å². The highest BCUT2D eigenvalue weighted by Gasteiger charge is 2.30. The Morgan fingerprint density at radius 2 is 1.96 bits per heavy atom. The molecule has 2 aliphatic rings. The molecule has 0 radical (unpaired) electrons. The second kappa shape index (κ2) is 6.18. The highest BCUT2D eigenvalue weighted by Crippen LogP contribution is 2.33. The van der Waals surface area contributed by atoms with E-state index in [0.717, 1.165) is 35.6 Å². The summed E-state index contributed by atoms with van der Waals surface area (Å²) < 4.78 is 0. The first-order valence-electron chi connectivity index (χ1n) is 9.70. The molecule has 1 aromatic carbocycles. The van der Waals surface area contributed by atoms with Crippen LogP contribution in [0.2, 0.25) is 0 Å². The van der Waals surface area contributed by atoms with Gasteiger partial charge >= 0.3 is 0 Å². The maximum absolute atomic E-state index is 4.78. The van der Waals surface area contributed by atoms with Crippen LogP contribution in [0.15, 0.2) is 18.2 Å². The predicted molar refractivity (Wildman–Crippen MR) is 100 cm³/mol. The standard InChI is InChI=1S/C21H31N3/c1-21(2,3)16-7-8-18-19(12-16)24-20(23-18)9-6-15-10-17(11-15)22-13-14-4-5-14/h7-8,12,14-15,17,22H,4-6,9-11,13H2,1-3H3,(H,23,24). The van der Waals surface area contributed by atoms with Crippen molar-refractivity contribution < 1.29 is 0 Å². The Hall–Kier alpha value is -1.35. The molecule has 0 atom stereocenters. The number of nitrogens with one attached hydrogen (secondary N) is 2. The second-order valence-corrected chi connectivity index (χ2v) is 9.09. The van der Waals surface area contributed by atoms with Crippen LogP contribution in [-0.4, -0.2) is 22.6 Å². The summed E-state index contributed by atoms with van der Waals surface area (Å²) >= 11 is 0. The van der Waals surface area contributed by atoms with Gasteiger partial charge in [0.15, 0.2) is 0 Å². The van der Waals surface area contributed by atoms with Crippen molar-refractivity contribution in [2.45, 2.75) is 70.8 Å². The fourth-order valence-corrected chi connectivity index (χ4v) is 3.78. The van der Waals surface area contributed by atoms with E-state index in [2.05, 4.69) is 49.3 Å². The number of aromatic nitrogens is 2. The molecule has 0 bridgehead atoms. The third-order valence-electron chi connectivity index (χ3n) is 5.81. The van der Waals surface area contributed by atoms with Crippen molar-refractivity contribution in [2.75, 3.05) is 6.54 Å². The molecule has 2 fully saturated rings. The highest BCUT2D eigenvalue weighted by molar-refractivity contribution is 5.76. The molecule has 3 heteroatoms. The van der Waals surface area contributed by atoms with Gasteiger partial charge in [-0.25, -0.2) is 4.98 Å². The third kappa shape index (κ3) is 3.66. The van der Waals surface area contributed by atoms with E-state index in [1.807, 2.05) is 0 Å². The Morgan fingerprint density at radius 3 is 2.67 bits per heavy atom. The van der Waals surface area contributed by atoms with Crippen LogP contribution >= 0.6 is 0 Å². The normalized spacial score (nSPS) is 24.3. The molecular formula is C21H31N3. The van der Waals surface area contributed by atoms with E-state index >= 15 is 0 Å². The smallest absolute Gasteiger partial charge is 0.107 e.